The molecule has 0 aromatic carbocycles. The number of hydrogen-bond donors (Lipinski definition) is 1. The molecule has 2 aliphatic rings. The van der Waals surface area contributed by atoms with E-state index in [0.717, 1.165) is 51.4 Å². The quantitative estimate of drug-likeness (QED) is 0.843. The fourth-order valence-corrected chi connectivity index (χ4v) is 3.71. The lowest BCUT2D eigenvalue weighted by atomic mass is 10.3. The number of rotatable bonds is 6. The molecule has 0 amide bonds. The van der Waals surface area contributed by atoms with Gasteiger partial charge >= 0.3 is 0 Å². The van der Waals surface area contributed by atoms with Crippen LogP contribution in [-0.2, 0) is 10.0 Å². The van der Waals surface area contributed by atoms with Gasteiger partial charge in [-0.25, -0.2) is 18.1 Å². The van der Waals surface area contributed by atoms with Gasteiger partial charge < -0.3 is 9.80 Å². The minimum atomic E-state index is -3.41. The average molecular weight is 324 g/mol. The highest BCUT2D eigenvalue weighted by molar-refractivity contribution is 7.89. The Kier molecular flexibility index (Phi) is 4.65. The van der Waals surface area contributed by atoms with E-state index in [9.17, 15) is 8.42 Å². The van der Waals surface area contributed by atoms with Crippen LogP contribution in [-0.4, -0.2) is 57.6 Å². The van der Waals surface area contributed by atoms with E-state index in [4.69, 9.17) is 0 Å². The molecule has 0 bridgehead atoms. The molecule has 1 aliphatic carbocycles. The number of piperazine rings is 1. The number of aromatic nitrogens is 1. The SMILES string of the molecule is CCN1CCN(c2ccc(S(=O)(=O)NCC3CC3)cn2)CC1. The fraction of sp³-hybridized carbons (Fsp3) is 0.667. The van der Waals surface area contributed by atoms with Gasteiger partial charge in [-0.3, -0.25) is 0 Å². The van der Waals surface area contributed by atoms with Gasteiger partial charge in [0.2, 0.25) is 10.0 Å². The Labute approximate surface area is 132 Å². The lowest BCUT2D eigenvalue weighted by Crippen LogP contribution is -2.46. The van der Waals surface area contributed by atoms with E-state index in [-0.39, 0.29) is 4.90 Å². The fourth-order valence-electron chi connectivity index (χ4n) is 2.64. The summed E-state index contributed by atoms with van der Waals surface area (Å²) in [6.07, 6.45) is 3.73. The van der Waals surface area contributed by atoms with Crippen molar-refractivity contribution < 1.29 is 8.42 Å². The highest BCUT2D eigenvalue weighted by Gasteiger charge is 2.24. The molecule has 7 heteroatoms. The Morgan fingerprint density at radius 2 is 1.95 bits per heavy atom. The molecule has 2 heterocycles. The van der Waals surface area contributed by atoms with Crippen LogP contribution in [0.25, 0.3) is 0 Å². The molecule has 3 rings (SSSR count). The molecule has 2 fully saturated rings. The first-order valence-corrected chi connectivity index (χ1v) is 9.50. The third kappa shape index (κ3) is 3.77. The third-order valence-electron chi connectivity index (χ3n) is 4.43. The number of likely N-dealkylation sites (N-methyl/N-ethyl adjacent to an activating group) is 1. The minimum Gasteiger partial charge on any atom is -0.354 e. The smallest absolute Gasteiger partial charge is 0.242 e. The first-order valence-electron chi connectivity index (χ1n) is 8.01. The van der Waals surface area contributed by atoms with Crippen LogP contribution in [0.2, 0.25) is 0 Å². The van der Waals surface area contributed by atoms with Crippen molar-refractivity contribution in [3.05, 3.63) is 18.3 Å². The zero-order valence-electron chi connectivity index (χ0n) is 13.0. The van der Waals surface area contributed by atoms with Crippen molar-refractivity contribution in [1.29, 1.82) is 0 Å². The lowest BCUT2D eigenvalue weighted by molar-refractivity contribution is 0.270. The number of hydrogen-bond acceptors (Lipinski definition) is 5. The normalized spacial score (nSPS) is 20.3. The summed E-state index contributed by atoms with van der Waals surface area (Å²) in [5, 5.41) is 0. The standard InChI is InChI=1S/C15H24N4O2S/c1-2-18-7-9-19(10-8-18)15-6-5-14(12-16-15)22(20,21)17-11-13-3-4-13/h5-6,12-13,17H,2-4,7-11H2,1H3. The van der Waals surface area contributed by atoms with Crippen LogP contribution in [0, 0.1) is 5.92 Å². The van der Waals surface area contributed by atoms with Gasteiger partial charge in [0.15, 0.2) is 0 Å². The van der Waals surface area contributed by atoms with Crippen molar-refractivity contribution in [2.75, 3.05) is 44.2 Å². The molecular weight excluding hydrogens is 300 g/mol. The molecule has 0 radical (unpaired) electrons. The molecule has 22 heavy (non-hydrogen) atoms. The Morgan fingerprint density at radius 3 is 2.50 bits per heavy atom. The Morgan fingerprint density at radius 1 is 1.23 bits per heavy atom. The summed E-state index contributed by atoms with van der Waals surface area (Å²) in [5.74, 6) is 1.38. The first kappa shape index (κ1) is 15.7. The van der Waals surface area contributed by atoms with Gasteiger partial charge in [0, 0.05) is 38.9 Å². The van der Waals surface area contributed by atoms with Crippen LogP contribution in [0.5, 0.6) is 0 Å². The maximum Gasteiger partial charge on any atom is 0.242 e. The minimum absolute atomic E-state index is 0.254. The zero-order valence-corrected chi connectivity index (χ0v) is 13.8. The van der Waals surface area contributed by atoms with Gasteiger partial charge in [-0.15, -0.1) is 0 Å². The molecular formula is C15H24N4O2S. The van der Waals surface area contributed by atoms with Crippen molar-refractivity contribution in [2.24, 2.45) is 5.92 Å². The molecule has 0 unspecified atom stereocenters. The van der Waals surface area contributed by atoms with E-state index in [1.54, 1.807) is 6.07 Å². The van der Waals surface area contributed by atoms with Gasteiger partial charge in [0.1, 0.15) is 10.7 Å². The topological polar surface area (TPSA) is 65.5 Å². The van der Waals surface area contributed by atoms with Gasteiger partial charge in [0.25, 0.3) is 0 Å². The van der Waals surface area contributed by atoms with E-state index in [2.05, 4.69) is 26.4 Å². The molecule has 1 aromatic rings. The maximum absolute atomic E-state index is 12.2. The molecule has 1 saturated carbocycles. The van der Waals surface area contributed by atoms with Crippen LogP contribution >= 0.6 is 0 Å². The highest BCUT2D eigenvalue weighted by Crippen LogP contribution is 2.28. The van der Waals surface area contributed by atoms with E-state index in [1.165, 1.54) is 6.20 Å². The Balaban J connectivity index is 1.62. The second kappa shape index (κ2) is 6.52. The van der Waals surface area contributed by atoms with E-state index in [1.807, 2.05) is 6.07 Å². The van der Waals surface area contributed by atoms with Crippen molar-refractivity contribution in [2.45, 2.75) is 24.7 Å². The summed E-state index contributed by atoms with van der Waals surface area (Å²) < 4.78 is 27.0. The van der Waals surface area contributed by atoms with Crippen LogP contribution in [0.3, 0.4) is 0 Å². The molecule has 6 nitrogen and oxygen atoms in total. The lowest BCUT2D eigenvalue weighted by Gasteiger charge is -2.34. The van der Waals surface area contributed by atoms with Crippen LogP contribution < -0.4 is 9.62 Å². The van der Waals surface area contributed by atoms with Crippen molar-refractivity contribution in [3.63, 3.8) is 0 Å². The summed E-state index contributed by atoms with van der Waals surface area (Å²) in [6.45, 7) is 7.72. The number of pyridine rings is 1. The molecule has 1 aromatic heterocycles. The third-order valence-corrected chi connectivity index (χ3v) is 5.84. The zero-order chi connectivity index (χ0) is 15.6. The summed E-state index contributed by atoms with van der Waals surface area (Å²) in [5.41, 5.74) is 0. The van der Waals surface area contributed by atoms with Crippen LogP contribution in [0.4, 0.5) is 5.82 Å². The summed E-state index contributed by atoms with van der Waals surface area (Å²) in [6, 6.07) is 3.47. The monoisotopic (exact) mass is 324 g/mol. The van der Waals surface area contributed by atoms with Gasteiger partial charge in [-0.2, -0.15) is 0 Å². The Hall–Kier alpha value is -1.18. The summed E-state index contributed by atoms with van der Waals surface area (Å²) in [7, 11) is -3.41. The number of sulfonamides is 1. The number of nitrogens with one attached hydrogen (secondary N) is 1. The number of anilines is 1. The van der Waals surface area contributed by atoms with Crippen LogP contribution in [0.1, 0.15) is 19.8 Å². The highest BCUT2D eigenvalue weighted by atomic mass is 32.2. The van der Waals surface area contributed by atoms with Gasteiger partial charge in [-0.05, 0) is 37.4 Å². The number of nitrogens with zero attached hydrogens (tertiary/aromatic N) is 3. The Bertz CT molecular complexity index is 590. The molecule has 1 aliphatic heterocycles. The van der Waals surface area contributed by atoms with Crippen molar-refractivity contribution >= 4 is 15.8 Å². The average Bonchev–Trinajstić information content (AvgIpc) is 3.38. The molecule has 0 atom stereocenters. The molecule has 0 spiro atoms. The van der Waals surface area contributed by atoms with Crippen molar-refractivity contribution in [1.82, 2.24) is 14.6 Å². The molecule has 1 N–H and O–H groups in total. The van der Waals surface area contributed by atoms with Crippen molar-refractivity contribution in [3.8, 4) is 0 Å². The predicted octanol–water partition coefficient (Wildman–Crippen LogP) is 0.912. The van der Waals surface area contributed by atoms with Gasteiger partial charge in [0.05, 0.1) is 0 Å². The second-order valence-corrected chi connectivity index (χ2v) is 7.84. The maximum atomic E-state index is 12.2. The van der Waals surface area contributed by atoms with Gasteiger partial charge in [-0.1, -0.05) is 6.92 Å². The second-order valence-electron chi connectivity index (χ2n) is 6.07. The van der Waals surface area contributed by atoms with E-state index in [0.29, 0.717) is 12.5 Å². The van der Waals surface area contributed by atoms with E-state index < -0.39 is 10.0 Å². The van der Waals surface area contributed by atoms with Crippen LogP contribution in [0.15, 0.2) is 23.2 Å². The van der Waals surface area contributed by atoms with E-state index >= 15 is 0 Å². The molecule has 1 saturated heterocycles. The molecule has 122 valence electrons. The largest absolute Gasteiger partial charge is 0.354 e. The first-order chi connectivity index (χ1) is 10.6. The predicted molar refractivity (Wildman–Crippen MR) is 86.5 cm³/mol. The summed E-state index contributed by atoms with van der Waals surface area (Å²) >= 11 is 0. The summed E-state index contributed by atoms with van der Waals surface area (Å²) in [4.78, 5) is 9.21.